The molecule has 0 unspecified atom stereocenters. The van der Waals surface area contributed by atoms with Crippen molar-refractivity contribution in [3.8, 4) is 0 Å². The first kappa shape index (κ1) is 21.5. The maximum absolute atomic E-state index is 12.8. The van der Waals surface area contributed by atoms with Gasteiger partial charge in [0, 0.05) is 24.2 Å². The Kier molecular flexibility index (Phi) is 6.43. The van der Waals surface area contributed by atoms with Crippen LogP contribution in [0.2, 0.25) is 5.02 Å². The Morgan fingerprint density at radius 3 is 2.59 bits per heavy atom. The normalized spacial score (nSPS) is 12.8. The van der Waals surface area contributed by atoms with Crippen LogP contribution in [0, 0.1) is 0 Å². The Morgan fingerprint density at radius 2 is 1.81 bits per heavy atom. The Balaban J connectivity index is 1.46. The number of nitrogens with one attached hydrogen (secondary N) is 4. The van der Waals surface area contributed by atoms with Gasteiger partial charge in [-0.25, -0.2) is 0 Å². The quantitative estimate of drug-likeness (QED) is 0.415. The van der Waals surface area contributed by atoms with Crippen LogP contribution in [0.5, 0.6) is 0 Å². The van der Waals surface area contributed by atoms with E-state index in [0.29, 0.717) is 21.0 Å². The third-order valence-electron chi connectivity index (χ3n) is 4.32. The maximum atomic E-state index is 12.8. The number of pyridine rings is 1. The number of hydrogen-bond donors (Lipinski definition) is 4. The number of carbonyl (C=O) groups excluding carboxylic acids is 2. The van der Waals surface area contributed by atoms with E-state index in [1.165, 1.54) is 0 Å². The first-order valence-corrected chi connectivity index (χ1v) is 10.4. The second kappa shape index (κ2) is 9.58. The predicted octanol–water partition coefficient (Wildman–Crippen LogP) is 3.72. The summed E-state index contributed by atoms with van der Waals surface area (Å²) < 4.78 is 0.295. The molecule has 3 aromatic rings. The number of halogens is 2. The van der Waals surface area contributed by atoms with Gasteiger partial charge in [-0.1, -0.05) is 23.7 Å². The summed E-state index contributed by atoms with van der Waals surface area (Å²) in [5.41, 5.74) is 1.95. The fraction of sp³-hybridized carbons (Fsp3) is 0. The van der Waals surface area contributed by atoms with Crippen molar-refractivity contribution in [3.05, 3.63) is 93.2 Å². The number of allylic oxidation sites excluding steroid dienone is 1. The van der Waals surface area contributed by atoms with Crippen molar-refractivity contribution >= 4 is 57.1 Å². The zero-order chi connectivity index (χ0) is 22.5. The Hall–Kier alpha value is -3.76. The van der Waals surface area contributed by atoms with Crippen LogP contribution in [-0.2, 0) is 0 Å². The number of aromatic amines is 1. The van der Waals surface area contributed by atoms with Crippen molar-refractivity contribution in [3.63, 3.8) is 0 Å². The van der Waals surface area contributed by atoms with Crippen molar-refractivity contribution in [1.29, 1.82) is 0 Å². The summed E-state index contributed by atoms with van der Waals surface area (Å²) in [7, 11) is 0. The zero-order valence-electron chi connectivity index (χ0n) is 16.3. The second-order valence-electron chi connectivity index (χ2n) is 6.43. The van der Waals surface area contributed by atoms with Crippen LogP contribution >= 0.6 is 27.5 Å². The molecule has 4 N–H and O–H groups in total. The minimum absolute atomic E-state index is 0.123. The summed E-state index contributed by atoms with van der Waals surface area (Å²) in [5, 5.41) is 15.4. The van der Waals surface area contributed by atoms with Crippen LogP contribution in [0.1, 0.15) is 26.4 Å². The number of amides is 2. The summed E-state index contributed by atoms with van der Waals surface area (Å²) in [5.74, 6) is -0.374. The molecule has 2 amide bonds. The standard InChI is InChI=1S/C21H15BrClN7O2/c22-17-18(29-30-19(17)28-20(31)13-3-1-2-4-14(13)23)21(32)27-16-7-10-25-11-15(26-16)12-5-8-24-9-6-12/h1-11,26H,(H,27,32)(H2,28,29,30,31). The highest BCUT2D eigenvalue weighted by Crippen LogP contribution is 2.25. The van der Waals surface area contributed by atoms with Gasteiger partial charge in [0.2, 0.25) is 0 Å². The van der Waals surface area contributed by atoms with Crippen molar-refractivity contribution < 1.29 is 9.59 Å². The van der Waals surface area contributed by atoms with Crippen molar-refractivity contribution in [1.82, 2.24) is 25.8 Å². The number of hydrogen-bond acceptors (Lipinski definition) is 6. The molecule has 0 aliphatic carbocycles. The molecule has 4 rings (SSSR count). The fourth-order valence-corrected chi connectivity index (χ4v) is 3.45. The number of aromatic nitrogens is 3. The van der Waals surface area contributed by atoms with Gasteiger partial charge in [0.1, 0.15) is 11.5 Å². The summed E-state index contributed by atoms with van der Waals surface area (Å²) >= 11 is 9.38. The molecule has 11 heteroatoms. The Labute approximate surface area is 195 Å². The van der Waals surface area contributed by atoms with E-state index in [4.69, 9.17) is 11.6 Å². The van der Waals surface area contributed by atoms with Gasteiger partial charge in [0.25, 0.3) is 11.8 Å². The van der Waals surface area contributed by atoms with Crippen LogP contribution in [-0.4, -0.2) is 33.2 Å². The molecule has 0 saturated heterocycles. The molecular formula is C21H15BrClN7O2. The number of carbonyl (C=O) groups is 2. The van der Waals surface area contributed by atoms with Crippen LogP contribution < -0.4 is 16.0 Å². The van der Waals surface area contributed by atoms with E-state index in [1.807, 2.05) is 12.1 Å². The average molecular weight is 513 g/mol. The van der Waals surface area contributed by atoms with Crippen molar-refractivity contribution in [2.45, 2.75) is 0 Å². The van der Waals surface area contributed by atoms with Gasteiger partial charge in [0.05, 0.1) is 27.0 Å². The Morgan fingerprint density at radius 1 is 1.03 bits per heavy atom. The Bertz CT molecular complexity index is 1270. The summed E-state index contributed by atoms with van der Waals surface area (Å²) in [6.45, 7) is 0. The molecule has 32 heavy (non-hydrogen) atoms. The van der Waals surface area contributed by atoms with E-state index < -0.39 is 11.8 Å². The van der Waals surface area contributed by atoms with E-state index in [2.05, 4.69) is 52.1 Å². The zero-order valence-corrected chi connectivity index (χ0v) is 18.6. The largest absolute Gasteiger partial charge is 0.340 e. The molecule has 3 heterocycles. The summed E-state index contributed by atoms with van der Waals surface area (Å²) in [6, 6.07) is 10.3. The minimum Gasteiger partial charge on any atom is -0.340 e. The summed E-state index contributed by atoms with van der Waals surface area (Å²) in [6.07, 6.45) is 8.13. The molecule has 2 aromatic heterocycles. The second-order valence-corrected chi connectivity index (χ2v) is 7.63. The topological polar surface area (TPSA) is 124 Å². The number of nitrogens with zero attached hydrogens (tertiary/aromatic N) is 3. The van der Waals surface area contributed by atoms with E-state index in [1.54, 1.807) is 55.1 Å². The highest BCUT2D eigenvalue weighted by molar-refractivity contribution is 9.10. The van der Waals surface area contributed by atoms with Gasteiger partial charge in [-0.15, -0.1) is 0 Å². The third kappa shape index (κ3) is 4.76. The maximum Gasteiger partial charge on any atom is 0.276 e. The first-order chi connectivity index (χ1) is 15.5. The van der Waals surface area contributed by atoms with Gasteiger partial charge >= 0.3 is 0 Å². The van der Waals surface area contributed by atoms with Gasteiger partial charge in [-0.05, 0) is 46.3 Å². The van der Waals surface area contributed by atoms with Gasteiger partial charge in [-0.3, -0.25) is 24.7 Å². The molecule has 1 aliphatic rings. The minimum atomic E-state index is -0.481. The summed E-state index contributed by atoms with van der Waals surface area (Å²) in [4.78, 5) is 33.4. The smallest absolute Gasteiger partial charge is 0.276 e. The van der Waals surface area contributed by atoms with Gasteiger partial charge < -0.3 is 16.0 Å². The molecule has 0 fully saturated rings. The molecular weight excluding hydrogens is 498 g/mol. The molecule has 160 valence electrons. The van der Waals surface area contributed by atoms with Crippen molar-refractivity contribution in [2.75, 3.05) is 5.32 Å². The van der Waals surface area contributed by atoms with Crippen LogP contribution in [0.15, 0.2) is 76.4 Å². The molecule has 9 nitrogen and oxygen atoms in total. The molecule has 1 aliphatic heterocycles. The number of benzene rings is 1. The monoisotopic (exact) mass is 511 g/mol. The highest BCUT2D eigenvalue weighted by atomic mass is 79.9. The lowest BCUT2D eigenvalue weighted by atomic mass is 10.2. The van der Waals surface area contributed by atoms with Gasteiger partial charge in [0.15, 0.2) is 5.82 Å². The van der Waals surface area contributed by atoms with Crippen LogP contribution in [0.3, 0.4) is 0 Å². The van der Waals surface area contributed by atoms with E-state index in [0.717, 1.165) is 5.56 Å². The molecule has 0 spiro atoms. The molecule has 0 radical (unpaired) electrons. The molecule has 1 aromatic carbocycles. The molecule has 0 atom stereocenters. The lowest BCUT2D eigenvalue weighted by molar-refractivity contribution is 0.0957. The predicted molar refractivity (Wildman–Crippen MR) is 125 cm³/mol. The van der Waals surface area contributed by atoms with Crippen LogP contribution in [0.25, 0.3) is 5.70 Å². The number of anilines is 1. The number of rotatable bonds is 5. The van der Waals surface area contributed by atoms with E-state index in [9.17, 15) is 9.59 Å². The molecule has 0 bridgehead atoms. The van der Waals surface area contributed by atoms with Crippen molar-refractivity contribution in [2.24, 2.45) is 4.99 Å². The first-order valence-electron chi connectivity index (χ1n) is 9.25. The van der Waals surface area contributed by atoms with E-state index in [-0.39, 0.29) is 17.1 Å². The fourth-order valence-electron chi connectivity index (χ4n) is 2.77. The number of H-pyrrole nitrogens is 1. The van der Waals surface area contributed by atoms with Crippen LogP contribution in [0.4, 0.5) is 5.82 Å². The lowest BCUT2D eigenvalue weighted by Crippen LogP contribution is -2.31. The SMILES string of the molecule is O=C(Nc1n[nH]c(C(=O)NC2=CC=NC=C(c3ccncc3)N2)c1Br)c1ccccc1Cl. The number of aliphatic imine (C=N–C) groups is 1. The average Bonchev–Trinajstić information content (AvgIpc) is 3.01. The lowest BCUT2D eigenvalue weighted by Gasteiger charge is -2.13. The van der Waals surface area contributed by atoms with Gasteiger partial charge in [-0.2, -0.15) is 5.10 Å². The third-order valence-corrected chi connectivity index (χ3v) is 5.43. The van der Waals surface area contributed by atoms with E-state index >= 15 is 0 Å². The molecule has 0 saturated carbocycles. The highest BCUT2D eigenvalue weighted by Gasteiger charge is 2.21.